The standard InChI is InChI=1S/C14H11FN6/c1-8-12-9(2)21(11-6-4-3-5-10(11)15)19-13(12)14-17-16-7-20(14)18-8/h3-7H,1-2H3. The van der Waals surface area contributed by atoms with Crippen LogP contribution in [0.15, 0.2) is 30.6 Å². The summed E-state index contributed by atoms with van der Waals surface area (Å²) in [5.74, 6) is -0.323. The molecular weight excluding hydrogens is 271 g/mol. The molecule has 0 aliphatic carbocycles. The van der Waals surface area contributed by atoms with Crippen molar-refractivity contribution in [3.63, 3.8) is 0 Å². The molecule has 0 saturated heterocycles. The summed E-state index contributed by atoms with van der Waals surface area (Å²) in [6.45, 7) is 3.78. The van der Waals surface area contributed by atoms with Crippen molar-refractivity contribution in [1.82, 2.24) is 29.6 Å². The summed E-state index contributed by atoms with van der Waals surface area (Å²) in [5, 5.41) is 17.7. The molecule has 0 amide bonds. The predicted molar refractivity (Wildman–Crippen MR) is 74.8 cm³/mol. The topological polar surface area (TPSA) is 60.9 Å². The summed E-state index contributed by atoms with van der Waals surface area (Å²) in [6.07, 6.45) is 1.53. The predicted octanol–water partition coefficient (Wildman–Crippen LogP) is 2.22. The fourth-order valence-electron chi connectivity index (χ4n) is 2.62. The third-order valence-electron chi connectivity index (χ3n) is 3.56. The Hall–Kier alpha value is -2.83. The Morgan fingerprint density at radius 3 is 2.71 bits per heavy atom. The number of nitrogens with zero attached hydrogens (tertiary/aromatic N) is 6. The zero-order valence-electron chi connectivity index (χ0n) is 11.4. The van der Waals surface area contributed by atoms with Gasteiger partial charge in [-0.05, 0) is 26.0 Å². The van der Waals surface area contributed by atoms with Gasteiger partial charge in [-0.1, -0.05) is 12.1 Å². The Balaban J connectivity index is 2.15. The molecule has 6 nitrogen and oxygen atoms in total. The first-order valence-corrected chi connectivity index (χ1v) is 6.47. The minimum atomic E-state index is -0.323. The lowest BCUT2D eigenvalue weighted by Gasteiger charge is -2.05. The van der Waals surface area contributed by atoms with Crippen LogP contribution in [0.1, 0.15) is 11.4 Å². The second-order valence-electron chi connectivity index (χ2n) is 4.86. The highest BCUT2D eigenvalue weighted by Gasteiger charge is 2.18. The van der Waals surface area contributed by atoms with E-state index in [4.69, 9.17) is 0 Å². The molecule has 3 aromatic heterocycles. The maximum atomic E-state index is 14.0. The fraction of sp³-hybridized carbons (Fsp3) is 0.143. The highest BCUT2D eigenvalue weighted by Crippen LogP contribution is 2.26. The van der Waals surface area contributed by atoms with Gasteiger partial charge in [0.05, 0.1) is 16.8 Å². The van der Waals surface area contributed by atoms with Crippen molar-refractivity contribution in [3.05, 3.63) is 47.8 Å². The third kappa shape index (κ3) is 1.57. The van der Waals surface area contributed by atoms with Crippen molar-refractivity contribution >= 4 is 16.6 Å². The van der Waals surface area contributed by atoms with Gasteiger partial charge in [0.15, 0.2) is 0 Å². The Morgan fingerprint density at radius 2 is 1.90 bits per heavy atom. The number of benzene rings is 1. The number of aryl methyl sites for hydroxylation is 2. The van der Waals surface area contributed by atoms with Gasteiger partial charge in [0.2, 0.25) is 5.65 Å². The van der Waals surface area contributed by atoms with Crippen LogP contribution in [0.5, 0.6) is 0 Å². The van der Waals surface area contributed by atoms with Crippen LogP contribution in [0.3, 0.4) is 0 Å². The average Bonchev–Trinajstić information content (AvgIpc) is 3.04. The summed E-state index contributed by atoms with van der Waals surface area (Å²) in [5.41, 5.74) is 3.26. The highest BCUT2D eigenvalue weighted by molar-refractivity contribution is 5.93. The summed E-state index contributed by atoms with van der Waals surface area (Å²) in [4.78, 5) is 0. The molecule has 1 aromatic carbocycles. The Bertz CT molecular complexity index is 984. The van der Waals surface area contributed by atoms with Crippen molar-refractivity contribution in [2.45, 2.75) is 13.8 Å². The van der Waals surface area contributed by atoms with Crippen LogP contribution in [0.25, 0.3) is 22.2 Å². The van der Waals surface area contributed by atoms with Gasteiger partial charge >= 0.3 is 0 Å². The number of hydrogen-bond acceptors (Lipinski definition) is 4. The van der Waals surface area contributed by atoms with Crippen molar-refractivity contribution in [3.8, 4) is 5.69 Å². The first kappa shape index (κ1) is 12.0. The van der Waals surface area contributed by atoms with E-state index in [1.54, 1.807) is 27.4 Å². The van der Waals surface area contributed by atoms with Gasteiger partial charge in [-0.15, -0.1) is 10.2 Å². The van der Waals surface area contributed by atoms with Crippen LogP contribution in [0.4, 0.5) is 4.39 Å². The molecule has 0 N–H and O–H groups in total. The van der Waals surface area contributed by atoms with Crippen LogP contribution < -0.4 is 0 Å². The summed E-state index contributed by atoms with van der Waals surface area (Å²) in [6, 6.07) is 6.54. The monoisotopic (exact) mass is 282 g/mol. The minimum Gasteiger partial charge on any atom is -0.234 e. The van der Waals surface area contributed by atoms with E-state index in [1.165, 1.54) is 12.4 Å². The molecule has 0 radical (unpaired) electrons. The van der Waals surface area contributed by atoms with Crippen LogP contribution in [0.2, 0.25) is 0 Å². The molecule has 0 saturated carbocycles. The summed E-state index contributed by atoms with van der Waals surface area (Å²) < 4.78 is 17.2. The Kier molecular flexibility index (Phi) is 2.32. The number of fused-ring (bicyclic) bond motifs is 3. The highest BCUT2D eigenvalue weighted by atomic mass is 19.1. The van der Waals surface area contributed by atoms with E-state index >= 15 is 0 Å². The van der Waals surface area contributed by atoms with E-state index in [-0.39, 0.29) is 5.82 Å². The zero-order chi connectivity index (χ0) is 14.6. The molecule has 0 aliphatic rings. The molecule has 0 fully saturated rings. The maximum Gasteiger partial charge on any atom is 0.205 e. The van der Waals surface area contributed by atoms with Gasteiger partial charge in [-0.25, -0.2) is 9.07 Å². The van der Waals surface area contributed by atoms with E-state index in [1.807, 2.05) is 13.8 Å². The first-order valence-electron chi connectivity index (χ1n) is 6.47. The maximum absolute atomic E-state index is 14.0. The van der Waals surface area contributed by atoms with Gasteiger partial charge in [-0.2, -0.15) is 14.7 Å². The van der Waals surface area contributed by atoms with E-state index in [0.29, 0.717) is 16.9 Å². The number of hydrogen-bond donors (Lipinski definition) is 0. The summed E-state index contributed by atoms with van der Waals surface area (Å²) >= 11 is 0. The van der Waals surface area contributed by atoms with Gasteiger partial charge in [0.25, 0.3) is 0 Å². The van der Waals surface area contributed by atoms with E-state index < -0.39 is 0 Å². The summed E-state index contributed by atoms with van der Waals surface area (Å²) in [7, 11) is 0. The van der Waals surface area contributed by atoms with Crippen LogP contribution in [0, 0.1) is 19.7 Å². The number of aromatic nitrogens is 6. The largest absolute Gasteiger partial charge is 0.234 e. The van der Waals surface area contributed by atoms with Gasteiger partial charge in [-0.3, -0.25) is 0 Å². The van der Waals surface area contributed by atoms with Crippen LogP contribution in [-0.2, 0) is 0 Å². The zero-order valence-corrected chi connectivity index (χ0v) is 11.4. The molecule has 0 aliphatic heterocycles. The second-order valence-corrected chi connectivity index (χ2v) is 4.86. The Labute approximate surface area is 118 Å². The van der Waals surface area contributed by atoms with E-state index in [9.17, 15) is 4.39 Å². The molecule has 0 unspecified atom stereocenters. The van der Waals surface area contributed by atoms with E-state index in [0.717, 1.165) is 16.8 Å². The lowest BCUT2D eigenvalue weighted by Crippen LogP contribution is -2.01. The molecule has 0 bridgehead atoms. The fourth-order valence-corrected chi connectivity index (χ4v) is 2.62. The molecule has 0 spiro atoms. The first-order chi connectivity index (χ1) is 10.2. The normalized spacial score (nSPS) is 11.6. The van der Waals surface area contributed by atoms with Crippen LogP contribution in [-0.4, -0.2) is 29.6 Å². The SMILES string of the molecule is Cc1nn2cnnc2c2nn(-c3ccccc3F)c(C)c12. The average molecular weight is 282 g/mol. The molecule has 7 heteroatoms. The molecule has 104 valence electrons. The molecular formula is C14H11FN6. The quantitative estimate of drug-likeness (QED) is 0.537. The number of para-hydroxylation sites is 1. The van der Waals surface area contributed by atoms with Gasteiger partial charge in [0, 0.05) is 0 Å². The smallest absolute Gasteiger partial charge is 0.205 e. The number of halogens is 1. The molecule has 4 aromatic rings. The van der Waals surface area contributed by atoms with Crippen molar-refractivity contribution < 1.29 is 4.39 Å². The lowest BCUT2D eigenvalue weighted by molar-refractivity contribution is 0.609. The molecule has 21 heavy (non-hydrogen) atoms. The second kappa shape index (κ2) is 4.08. The van der Waals surface area contributed by atoms with Crippen molar-refractivity contribution in [1.29, 1.82) is 0 Å². The van der Waals surface area contributed by atoms with E-state index in [2.05, 4.69) is 20.4 Å². The lowest BCUT2D eigenvalue weighted by atomic mass is 10.2. The van der Waals surface area contributed by atoms with Gasteiger partial charge < -0.3 is 0 Å². The molecule has 0 atom stereocenters. The molecule has 4 rings (SSSR count). The van der Waals surface area contributed by atoms with Gasteiger partial charge in [0.1, 0.15) is 23.3 Å². The third-order valence-corrected chi connectivity index (χ3v) is 3.56. The number of rotatable bonds is 1. The van der Waals surface area contributed by atoms with Crippen molar-refractivity contribution in [2.24, 2.45) is 0 Å². The Morgan fingerprint density at radius 1 is 1.10 bits per heavy atom. The minimum absolute atomic E-state index is 0.323. The molecule has 3 heterocycles. The van der Waals surface area contributed by atoms with Crippen LogP contribution >= 0.6 is 0 Å². The van der Waals surface area contributed by atoms with Crippen molar-refractivity contribution in [2.75, 3.05) is 0 Å².